The number of benzene rings is 1. The smallest absolute Gasteiger partial charge is 0.253 e. The molecule has 0 aliphatic carbocycles. The summed E-state index contributed by atoms with van der Waals surface area (Å²) in [5.41, 5.74) is 1.12. The average Bonchev–Trinajstić information content (AvgIpc) is 3.46. The number of amides is 2. The van der Waals surface area contributed by atoms with E-state index >= 15 is 0 Å². The highest BCUT2D eigenvalue weighted by Gasteiger charge is 2.34. The van der Waals surface area contributed by atoms with Crippen molar-refractivity contribution in [1.29, 1.82) is 0 Å². The van der Waals surface area contributed by atoms with Crippen molar-refractivity contribution in [3.05, 3.63) is 46.8 Å². The van der Waals surface area contributed by atoms with Gasteiger partial charge in [0, 0.05) is 42.3 Å². The van der Waals surface area contributed by atoms with Crippen LogP contribution in [0.2, 0.25) is 0 Å². The first-order chi connectivity index (χ1) is 14.8. The van der Waals surface area contributed by atoms with Gasteiger partial charge in [-0.05, 0) is 62.9 Å². The molecule has 31 heavy (non-hydrogen) atoms. The van der Waals surface area contributed by atoms with Gasteiger partial charge < -0.3 is 10.2 Å². The Labute approximate surface area is 187 Å². The zero-order valence-electron chi connectivity index (χ0n) is 17.5. The van der Waals surface area contributed by atoms with Crippen molar-refractivity contribution in [2.75, 3.05) is 31.5 Å². The molecule has 2 aromatic rings. The lowest BCUT2D eigenvalue weighted by Crippen LogP contribution is -2.43. The molecule has 1 aromatic heterocycles. The Bertz CT molecular complexity index is 1070. The van der Waals surface area contributed by atoms with E-state index in [1.165, 1.54) is 15.6 Å². The van der Waals surface area contributed by atoms with Crippen LogP contribution >= 0.6 is 11.3 Å². The lowest BCUT2D eigenvalue weighted by atomic mass is 9.98. The second-order valence-electron chi connectivity index (χ2n) is 8.14. The molecule has 3 heterocycles. The molecule has 1 atom stereocenters. The molecule has 9 heteroatoms. The predicted octanol–water partition coefficient (Wildman–Crippen LogP) is 3.33. The summed E-state index contributed by atoms with van der Waals surface area (Å²) >= 11 is 1.25. The maximum absolute atomic E-state index is 12.9. The van der Waals surface area contributed by atoms with Gasteiger partial charge in [-0.3, -0.25) is 9.59 Å². The van der Waals surface area contributed by atoms with E-state index in [2.05, 4.69) is 5.32 Å². The van der Waals surface area contributed by atoms with Crippen LogP contribution in [0.4, 0.5) is 5.69 Å². The van der Waals surface area contributed by atoms with Gasteiger partial charge >= 0.3 is 0 Å². The summed E-state index contributed by atoms with van der Waals surface area (Å²) in [6, 6.07) is 10.4. The van der Waals surface area contributed by atoms with Gasteiger partial charge in [0.15, 0.2) is 0 Å². The van der Waals surface area contributed by atoms with Gasteiger partial charge in [-0.2, -0.15) is 4.31 Å². The normalized spacial score (nSPS) is 20.0. The summed E-state index contributed by atoms with van der Waals surface area (Å²) in [7, 11) is -3.59. The number of likely N-dealkylation sites (tertiary alicyclic amines) is 1. The van der Waals surface area contributed by atoms with Crippen molar-refractivity contribution in [2.24, 2.45) is 5.92 Å². The molecule has 2 amide bonds. The number of nitrogens with one attached hydrogen (secondary N) is 1. The quantitative estimate of drug-likeness (QED) is 0.740. The number of hydrogen-bond acceptors (Lipinski definition) is 5. The van der Waals surface area contributed by atoms with Gasteiger partial charge in [0.25, 0.3) is 15.9 Å². The predicted molar refractivity (Wildman–Crippen MR) is 121 cm³/mol. The van der Waals surface area contributed by atoms with Crippen LogP contribution in [0.1, 0.15) is 40.9 Å². The molecule has 2 fully saturated rings. The minimum atomic E-state index is -3.59. The number of anilines is 1. The minimum Gasteiger partial charge on any atom is -0.339 e. The Morgan fingerprint density at radius 1 is 1.06 bits per heavy atom. The number of nitrogens with zero attached hydrogens (tertiary/aromatic N) is 2. The Morgan fingerprint density at radius 3 is 2.55 bits per heavy atom. The van der Waals surface area contributed by atoms with E-state index in [9.17, 15) is 18.0 Å². The molecule has 4 rings (SSSR count). The maximum Gasteiger partial charge on any atom is 0.253 e. The number of piperidine rings is 1. The molecule has 0 saturated carbocycles. The van der Waals surface area contributed by atoms with Crippen molar-refractivity contribution in [2.45, 2.75) is 36.8 Å². The monoisotopic (exact) mass is 461 g/mol. The van der Waals surface area contributed by atoms with E-state index in [1.54, 1.807) is 36.4 Å². The van der Waals surface area contributed by atoms with Gasteiger partial charge in [0.1, 0.15) is 4.21 Å². The molecule has 2 aliphatic heterocycles. The zero-order chi connectivity index (χ0) is 22.0. The van der Waals surface area contributed by atoms with Crippen molar-refractivity contribution in [3.63, 3.8) is 0 Å². The number of rotatable bonds is 5. The van der Waals surface area contributed by atoms with Gasteiger partial charge in [0.05, 0.1) is 5.92 Å². The molecule has 1 aromatic carbocycles. The first kappa shape index (κ1) is 22.0. The number of aryl methyl sites for hydroxylation is 1. The lowest BCUT2D eigenvalue weighted by molar-refractivity contribution is -0.120. The van der Waals surface area contributed by atoms with Gasteiger partial charge in [-0.25, -0.2) is 8.42 Å². The standard InChI is InChI=1S/C22H27N3O4S2/c1-16-9-10-20(30-16)31(28,29)25-13-5-7-18(15-25)21(26)23-19-8-4-6-17(14-19)22(27)24-11-2-3-12-24/h4,6,8-10,14,18H,2-3,5,7,11-13,15H2,1H3,(H,23,26)/t18-/m1/s1. The first-order valence-corrected chi connectivity index (χ1v) is 12.9. The van der Waals surface area contributed by atoms with Crippen molar-refractivity contribution in [1.82, 2.24) is 9.21 Å². The molecule has 2 saturated heterocycles. The molecular weight excluding hydrogens is 434 g/mol. The van der Waals surface area contributed by atoms with E-state index in [0.29, 0.717) is 34.8 Å². The molecule has 2 aliphatic rings. The summed E-state index contributed by atoms with van der Waals surface area (Å²) in [6.45, 7) is 4.00. The SMILES string of the molecule is Cc1ccc(S(=O)(=O)N2CCC[C@@H](C(=O)Nc3cccc(C(=O)N4CCCC4)c3)C2)s1. The summed E-state index contributed by atoms with van der Waals surface area (Å²) in [5, 5.41) is 2.88. The van der Waals surface area contributed by atoms with E-state index < -0.39 is 15.9 Å². The fourth-order valence-corrected chi connectivity index (χ4v) is 7.09. The molecule has 0 spiro atoms. The van der Waals surface area contributed by atoms with Crippen LogP contribution in [0.5, 0.6) is 0 Å². The lowest BCUT2D eigenvalue weighted by Gasteiger charge is -2.30. The molecule has 7 nitrogen and oxygen atoms in total. The zero-order valence-corrected chi connectivity index (χ0v) is 19.2. The second kappa shape index (κ2) is 9.10. The van der Waals surface area contributed by atoms with Crippen molar-refractivity contribution >= 4 is 38.9 Å². The fraction of sp³-hybridized carbons (Fsp3) is 0.455. The fourth-order valence-electron chi connectivity index (χ4n) is 4.13. The highest BCUT2D eigenvalue weighted by molar-refractivity contribution is 7.91. The Kier molecular flexibility index (Phi) is 6.45. The topological polar surface area (TPSA) is 86.8 Å². The largest absolute Gasteiger partial charge is 0.339 e. The third-order valence-electron chi connectivity index (χ3n) is 5.84. The van der Waals surface area contributed by atoms with Crippen LogP contribution in [-0.2, 0) is 14.8 Å². The minimum absolute atomic E-state index is 0.0187. The summed E-state index contributed by atoms with van der Waals surface area (Å²) < 4.78 is 27.6. The van der Waals surface area contributed by atoms with Gasteiger partial charge in [-0.15, -0.1) is 11.3 Å². The molecule has 0 unspecified atom stereocenters. The number of carbonyl (C=O) groups excluding carboxylic acids is 2. The van der Waals surface area contributed by atoms with Crippen molar-refractivity contribution < 1.29 is 18.0 Å². The van der Waals surface area contributed by atoms with Crippen LogP contribution in [0.15, 0.2) is 40.6 Å². The molecule has 166 valence electrons. The van der Waals surface area contributed by atoms with Crippen LogP contribution in [0.25, 0.3) is 0 Å². The Balaban J connectivity index is 1.43. The summed E-state index contributed by atoms with van der Waals surface area (Å²) in [5.74, 6) is -0.662. The van der Waals surface area contributed by atoms with Gasteiger partial charge in [-0.1, -0.05) is 6.07 Å². The number of thiophene rings is 1. The number of carbonyl (C=O) groups is 2. The van der Waals surface area contributed by atoms with Crippen LogP contribution in [0, 0.1) is 12.8 Å². The Morgan fingerprint density at radius 2 is 1.84 bits per heavy atom. The molecule has 0 radical (unpaired) electrons. The van der Waals surface area contributed by atoms with Crippen molar-refractivity contribution in [3.8, 4) is 0 Å². The van der Waals surface area contributed by atoms with Crippen LogP contribution in [-0.4, -0.2) is 55.6 Å². The number of sulfonamides is 1. The van der Waals surface area contributed by atoms with Gasteiger partial charge in [0.2, 0.25) is 5.91 Å². The maximum atomic E-state index is 12.9. The summed E-state index contributed by atoms with van der Waals surface area (Å²) in [6.07, 6.45) is 3.31. The van der Waals surface area contributed by atoms with Crippen LogP contribution < -0.4 is 5.32 Å². The highest BCUT2D eigenvalue weighted by Crippen LogP contribution is 2.29. The van der Waals surface area contributed by atoms with E-state index in [1.807, 2.05) is 11.8 Å². The highest BCUT2D eigenvalue weighted by atomic mass is 32.2. The molecule has 1 N–H and O–H groups in total. The van der Waals surface area contributed by atoms with E-state index in [4.69, 9.17) is 0 Å². The van der Waals surface area contributed by atoms with E-state index in [-0.39, 0.29) is 18.4 Å². The molecule has 0 bridgehead atoms. The Hall–Kier alpha value is -2.23. The van der Waals surface area contributed by atoms with Crippen LogP contribution in [0.3, 0.4) is 0 Å². The third kappa shape index (κ3) is 4.83. The average molecular weight is 462 g/mol. The summed E-state index contributed by atoms with van der Waals surface area (Å²) in [4.78, 5) is 28.3. The molecular formula is C22H27N3O4S2. The first-order valence-electron chi connectivity index (χ1n) is 10.6. The number of hydrogen-bond donors (Lipinski definition) is 1. The third-order valence-corrected chi connectivity index (χ3v) is 9.17. The van der Waals surface area contributed by atoms with E-state index in [0.717, 1.165) is 30.8 Å². The second-order valence-corrected chi connectivity index (χ2v) is 11.6.